The van der Waals surface area contributed by atoms with E-state index in [1.54, 1.807) is 0 Å². The summed E-state index contributed by atoms with van der Waals surface area (Å²) >= 11 is 0. The second-order valence-electron chi connectivity index (χ2n) is 6.44. The van der Waals surface area contributed by atoms with Crippen LogP contribution in [0.1, 0.15) is 30.6 Å². The number of fused-ring (bicyclic) bond motifs is 4. The van der Waals surface area contributed by atoms with Gasteiger partial charge in [0, 0.05) is 35.3 Å². The number of nitrogens with zero attached hydrogens (tertiary/aromatic N) is 2. The van der Waals surface area contributed by atoms with Crippen molar-refractivity contribution in [2.75, 3.05) is 6.54 Å². The standard InChI is InChI=1S/C19H18N2O/c1-2-13-12-7-9-20-16-6-4-3-5-14(16)15-8-10-21(19(13)22)17(11-12)18(15)20/h2-7,9,12,17H,8,10-11H2,1H3/b13-2+/t12-,17-/m0/s1. The van der Waals surface area contributed by atoms with Gasteiger partial charge in [-0.1, -0.05) is 30.4 Å². The SMILES string of the molecule is C/C=C1/C(=O)N2CCc3c4n(c5ccccc35)C=C[C@H]1C[C@@H]42. The van der Waals surface area contributed by atoms with Crippen molar-refractivity contribution >= 4 is 23.0 Å². The van der Waals surface area contributed by atoms with E-state index in [4.69, 9.17) is 0 Å². The van der Waals surface area contributed by atoms with Crippen molar-refractivity contribution in [1.82, 2.24) is 9.47 Å². The summed E-state index contributed by atoms with van der Waals surface area (Å²) in [5.74, 6) is 0.487. The van der Waals surface area contributed by atoms with Gasteiger partial charge in [-0.2, -0.15) is 0 Å². The molecule has 0 N–H and O–H groups in total. The normalized spacial score (nSPS) is 27.6. The first-order chi connectivity index (χ1) is 10.8. The second-order valence-corrected chi connectivity index (χ2v) is 6.44. The molecule has 0 spiro atoms. The lowest BCUT2D eigenvalue weighted by Crippen LogP contribution is -2.46. The molecule has 22 heavy (non-hydrogen) atoms. The van der Waals surface area contributed by atoms with Crippen LogP contribution in [-0.4, -0.2) is 21.9 Å². The van der Waals surface area contributed by atoms with Crippen molar-refractivity contribution in [3.8, 4) is 0 Å². The summed E-state index contributed by atoms with van der Waals surface area (Å²) in [6, 6.07) is 8.85. The number of amides is 1. The van der Waals surface area contributed by atoms with Crippen LogP contribution >= 0.6 is 0 Å². The third-order valence-electron chi connectivity index (χ3n) is 5.51. The molecule has 1 fully saturated rings. The lowest BCUT2D eigenvalue weighted by atomic mass is 9.82. The minimum absolute atomic E-state index is 0.229. The molecule has 2 atom stereocenters. The molecule has 2 aromatic rings. The Hall–Kier alpha value is -2.29. The second kappa shape index (κ2) is 4.13. The number of para-hydroxylation sites is 1. The molecule has 0 saturated carbocycles. The third kappa shape index (κ3) is 1.34. The van der Waals surface area contributed by atoms with Crippen molar-refractivity contribution < 1.29 is 4.79 Å². The Morgan fingerprint density at radius 2 is 2.14 bits per heavy atom. The highest BCUT2D eigenvalue weighted by Crippen LogP contribution is 2.46. The summed E-state index contributed by atoms with van der Waals surface area (Å²) in [6.45, 7) is 2.83. The molecule has 1 aromatic carbocycles. The van der Waals surface area contributed by atoms with E-state index in [-0.39, 0.29) is 17.9 Å². The quantitative estimate of drug-likeness (QED) is 0.682. The van der Waals surface area contributed by atoms with E-state index < -0.39 is 0 Å². The number of carbonyl (C=O) groups is 1. The lowest BCUT2D eigenvalue weighted by molar-refractivity contribution is -0.133. The van der Waals surface area contributed by atoms with E-state index in [2.05, 4.69) is 46.0 Å². The average Bonchev–Trinajstić information content (AvgIpc) is 2.74. The van der Waals surface area contributed by atoms with Gasteiger partial charge in [-0.05, 0) is 31.4 Å². The molecule has 0 aliphatic carbocycles. The number of hydrogen-bond donors (Lipinski definition) is 0. The first kappa shape index (κ1) is 12.3. The Bertz CT molecular complexity index is 871. The molecule has 2 bridgehead atoms. The summed E-state index contributed by atoms with van der Waals surface area (Å²) in [5, 5.41) is 1.35. The molecule has 4 heterocycles. The highest BCUT2D eigenvalue weighted by Gasteiger charge is 2.43. The predicted octanol–water partition coefficient (Wildman–Crippen LogP) is 3.52. The van der Waals surface area contributed by atoms with Crippen LogP contribution in [0.2, 0.25) is 0 Å². The molecular formula is C19H18N2O. The van der Waals surface area contributed by atoms with Crippen molar-refractivity contribution in [3.63, 3.8) is 0 Å². The highest BCUT2D eigenvalue weighted by molar-refractivity contribution is 5.97. The summed E-state index contributed by atoms with van der Waals surface area (Å²) in [6.07, 6.45) is 8.39. The lowest BCUT2D eigenvalue weighted by Gasteiger charge is -2.42. The van der Waals surface area contributed by atoms with Gasteiger partial charge >= 0.3 is 0 Å². The number of allylic oxidation sites excluding steroid dienone is 2. The predicted molar refractivity (Wildman–Crippen MR) is 87.3 cm³/mol. The van der Waals surface area contributed by atoms with Gasteiger partial charge in [0.15, 0.2) is 0 Å². The average molecular weight is 290 g/mol. The molecule has 3 aliphatic rings. The number of aromatic nitrogens is 1. The van der Waals surface area contributed by atoms with Gasteiger partial charge in [-0.15, -0.1) is 0 Å². The monoisotopic (exact) mass is 290 g/mol. The fraction of sp³-hybridized carbons (Fsp3) is 0.316. The maximum atomic E-state index is 12.8. The van der Waals surface area contributed by atoms with E-state index >= 15 is 0 Å². The largest absolute Gasteiger partial charge is 0.330 e. The molecule has 3 aliphatic heterocycles. The van der Waals surface area contributed by atoms with Gasteiger partial charge < -0.3 is 9.47 Å². The minimum atomic E-state index is 0.229. The first-order valence-electron chi connectivity index (χ1n) is 8.07. The number of benzene rings is 1. The van der Waals surface area contributed by atoms with Gasteiger partial charge in [-0.25, -0.2) is 0 Å². The smallest absolute Gasteiger partial charge is 0.250 e. The van der Waals surface area contributed by atoms with E-state index in [1.165, 1.54) is 22.2 Å². The van der Waals surface area contributed by atoms with Gasteiger partial charge in [0.25, 0.3) is 5.91 Å². The molecule has 1 amide bonds. The maximum absolute atomic E-state index is 12.8. The zero-order valence-corrected chi connectivity index (χ0v) is 12.6. The molecule has 0 radical (unpaired) electrons. The van der Waals surface area contributed by atoms with Crippen LogP contribution in [0, 0.1) is 5.92 Å². The molecule has 5 rings (SSSR count). The Morgan fingerprint density at radius 3 is 3.00 bits per heavy atom. The van der Waals surface area contributed by atoms with Gasteiger partial charge in [-0.3, -0.25) is 4.79 Å². The molecule has 110 valence electrons. The Labute approximate surface area is 129 Å². The first-order valence-corrected chi connectivity index (χ1v) is 8.07. The molecule has 1 aromatic heterocycles. The number of rotatable bonds is 0. The van der Waals surface area contributed by atoms with Crippen LogP contribution in [0.5, 0.6) is 0 Å². The van der Waals surface area contributed by atoms with E-state index in [0.717, 1.165) is 25.0 Å². The number of hydrogen-bond acceptors (Lipinski definition) is 1. The third-order valence-corrected chi connectivity index (χ3v) is 5.51. The molecule has 3 heteroatoms. The van der Waals surface area contributed by atoms with Crippen LogP contribution in [0.4, 0.5) is 0 Å². The highest BCUT2D eigenvalue weighted by atomic mass is 16.2. The zero-order valence-electron chi connectivity index (χ0n) is 12.6. The number of carbonyl (C=O) groups excluding carboxylic acids is 1. The topological polar surface area (TPSA) is 25.2 Å². The summed E-state index contributed by atoms with van der Waals surface area (Å²) in [4.78, 5) is 14.9. The van der Waals surface area contributed by atoms with Crippen molar-refractivity contribution in [2.24, 2.45) is 5.92 Å². The van der Waals surface area contributed by atoms with Gasteiger partial charge in [0.1, 0.15) is 0 Å². The minimum Gasteiger partial charge on any atom is -0.330 e. The van der Waals surface area contributed by atoms with Gasteiger partial charge in [0.2, 0.25) is 0 Å². The zero-order chi connectivity index (χ0) is 14.8. The maximum Gasteiger partial charge on any atom is 0.250 e. The van der Waals surface area contributed by atoms with Crippen LogP contribution in [0.15, 0.2) is 42.0 Å². The molecule has 3 nitrogen and oxygen atoms in total. The van der Waals surface area contributed by atoms with E-state index in [1.807, 2.05) is 13.0 Å². The van der Waals surface area contributed by atoms with E-state index in [9.17, 15) is 4.79 Å². The fourth-order valence-electron chi connectivity index (χ4n) is 4.56. The van der Waals surface area contributed by atoms with Crippen molar-refractivity contribution in [1.29, 1.82) is 0 Å². The Kier molecular flexibility index (Phi) is 2.30. The van der Waals surface area contributed by atoms with Crippen LogP contribution in [0.3, 0.4) is 0 Å². The molecule has 0 unspecified atom stereocenters. The van der Waals surface area contributed by atoms with Crippen LogP contribution in [0.25, 0.3) is 17.1 Å². The van der Waals surface area contributed by atoms with Crippen LogP contribution < -0.4 is 0 Å². The molecular weight excluding hydrogens is 272 g/mol. The van der Waals surface area contributed by atoms with Crippen LogP contribution in [-0.2, 0) is 11.2 Å². The Balaban J connectivity index is 1.85. The van der Waals surface area contributed by atoms with Crippen molar-refractivity contribution in [3.05, 3.63) is 53.2 Å². The molecule has 1 saturated heterocycles. The summed E-state index contributed by atoms with van der Waals surface area (Å²) in [5.41, 5.74) is 5.02. The summed E-state index contributed by atoms with van der Waals surface area (Å²) < 4.78 is 2.33. The number of piperidine rings is 1. The Morgan fingerprint density at radius 1 is 1.27 bits per heavy atom. The van der Waals surface area contributed by atoms with Gasteiger partial charge in [0.05, 0.1) is 11.6 Å². The van der Waals surface area contributed by atoms with Crippen molar-refractivity contribution in [2.45, 2.75) is 25.8 Å². The summed E-state index contributed by atoms with van der Waals surface area (Å²) in [7, 11) is 0. The fourth-order valence-corrected chi connectivity index (χ4v) is 4.56. The van der Waals surface area contributed by atoms with E-state index in [0.29, 0.717) is 0 Å².